The fourth-order valence-corrected chi connectivity index (χ4v) is 0.821. The highest BCUT2D eigenvalue weighted by Crippen LogP contribution is 2.28. The third kappa shape index (κ3) is 2.94. The van der Waals surface area contributed by atoms with Gasteiger partial charge in [0, 0.05) is 6.07 Å². The summed E-state index contributed by atoms with van der Waals surface area (Å²) in [7, 11) is 0. The van der Waals surface area contributed by atoms with Crippen molar-refractivity contribution < 1.29 is 17.9 Å². The third-order valence-electron chi connectivity index (χ3n) is 1.36. The maximum absolute atomic E-state index is 11.8. The van der Waals surface area contributed by atoms with Crippen molar-refractivity contribution in [2.75, 3.05) is 6.61 Å². The topological polar surface area (TPSA) is 37.4 Å². The van der Waals surface area contributed by atoms with Crippen molar-refractivity contribution in [3.05, 3.63) is 29.2 Å². The van der Waals surface area contributed by atoms with Crippen LogP contribution in [0.2, 0.25) is 0 Å². The monoisotopic (exact) mass is 203 g/mol. The quantitative estimate of drug-likeness (QED) is 0.692. The molecule has 3 nitrogen and oxygen atoms in total. The molecule has 0 aromatic heterocycles. The predicted molar refractivity (Wildman–Crippen MR) is 42.7 cm³/mol. The average molecular weight is 203 g/mol. The van der Waals surface area contributed by atoms with Gasteiger partial charge in [-0.1, -0.05) is 12.1 Å². The van der Waals surface area contributed by atoms with E-state index < -0.39 is 12.8 Å². The molecule has 0 fully saturated rings. The first-order valence-electron chi connectivity index (χ1n) is 3.66. The average Bonchev–Trinajstić information content (AvgIpc) is 2.14. The van der Waals surface area contributed by atoms with Gasteiger partial charge in [-0.3, -0.25) is 0 Å². The second-order valence-electron chi connectivity index (χ2n) is 2.47. The fraction of sp³-hybridized carbons (Fsp3) is 0.250. The zero-order valence-corrected chi connectivity index (χ0v) is 6.95. The van der Waals surface area contributed by atoms with Gasteiger partial charge in [0.1, 0.15) is 0 Å². The van der Waals surface area contributed by atoms with Crippen LogP contribution < -0.4 is 4.74 Å². The molecule has 0 unspecified atom stereocenters. The summed E-state index contributed by atoms with van der Waals surface area (Å²) in [5, 5.41) is 8.41. The molecule has 74 valence electrons. The van der Waals surface area contributed by atoms with E-state index in [0.717, 1.165) is 0 Å². The van der Waals surface area contributed by atoms with E-state index in [9.17, 15) is 13.2 Å². The SMILES string of the molecule is N#[N+]c1ccccc1OCC(F)(F)F. The molecule has 0 amide bonds. The Morgan fingerprint density at radius 1 is 1.29 bits per heavy atom. The van der Waals surface area contributed by atoms with Gasteiger partial charge < -0.3 is 4.74 Å². The van der Waals surface area contributed by atoms with Crippen molar-refractivity contribution in [1.82, 2.24) is 0 Å². The van der Waals surface area contributed by atoms with Gasteiger partial charge in [-0.25, -0.2) is 0 Å². The van der Waals surface area contributed by atoms with Crippen molar-refractivity contribution in [1.29, 1.82) is 5.39 Å². The predicted octanol–water partition coefficient (Wildman–Crippen LogP) is 3.11. The summed E-state index contributed by atoms with van der Waals surface area (Å²) in [5.74, 6) is -0.104. The van der Waals surface area contributed by atoms with E-state index in [4.69, 9.17) is 5.39 Å². The number of para-hydroxylation sites is 1. The Morgan fingerprint density at radius 2 is 1.93 bits per heavy atom. The molecule has 0 N–H and O–H groups in total. The lowest BCUT2D eigenvalue weighted by molar-refractivity contribution is -0.153. The Hall–Kier alpha value is -1.77. The van der Waals surface area contributed by atoms with Crippen LogP contribution in [-0.4, -0.2) is 12.8 Å². The van der Waals surface area contributed by atoms with Crippen LogP contribution in [0.1, 0.15) is 0 Å². The fourth-order valence-electron chi connectivity index (χ4n) is 0.821. The summed E-state index contributed by atoms with van der Waals surface area (Å²) >= 11 is 0. The minimum atomic E-state index is -4.40. The zero-order valence-electron chi connectivity index (χ0n) is 6.95. The highest BCUT2D eigenvalue weighted by Gasteiger charge is 2.29. The number of rotatable bonds is 2. The summed E-state index contributed by atoms with van der Waals surface area (Å²) in [6.07, 6.45) is -4.40. The van der Waals surface area contributed by atoms with Gasteiger partial charge in [0.15, 0.2) is 11.6 Å². The second kappa shape index (κ2) is 3.96. The molecule has 1 aromatic carbocycles. The van der Waals surface area contributed by atoms with Crippen molar-refractivity contribution in [3.8, 4) is 5.75 Å². The van der Waals surface area contributed by atoms with Gasteiger partial charge in [0.05, 0.1) is 0 Å². The van der Waals surface area contributed by atoms with Crippen LogP contribution in [-0.2, 0) is 0 Å². The largest absolute Gasteiger partial charge is 0.476 e. The van der Waals surface area contributed by atoms with Crippen molar-refractivity contribution in [2.24, 2.45) is 0 Å². The van der Waals surface area contributed by atoms with E-state index >= 15 is 0 Å². The van der Waals surface area contributed by atoms with Crippen LogP contribution in [0.3, 0.4) is 0 Å². The summed E-state index contributed by atoms with van der Waals surface area (Å²) in [6.45, 7) is -1.40. The molecule has 0 aliphatic heterocycles. The van der Waals surface area contributed by atoms with E-state index in [2.05, 4.69) is 9.71 Å². The summed E-state index contributed by atoms with van der Waals surface area (Å²) < 4.78 is 39.7. The van der Waals surface area contributed by atoms with E-state index in [0.29, 0.717) is 0 Å². The van der Waals surface area contributed by atoms with Crippen LogP contribution in [0.5, 0.6) is 5.75 Å². The van der Waals surface area contributed by atoms with Gasteiger partial charge in [0.2, 0.25) is 11.1 Å². The minimum Gasteiger partial charge on any atom is -0.476 e. The molecule has 0 aliphatic rings. The third-order valence-corrected chi connectivity index (χ3v) is 1.36. The lowest BCUT2D eigenvalue weighted by atomic mass is 10.3. The molecule has 0 radical (unpaired) electrons. The number of halogens is 3. The first-order chi connectivity index (χ1) is 6.53. The summed E-state index contributed by atoms with van der Waals surface area (Å²) in [4.78, 5) is 2.78. The zero-order chi connectivity index (χ0) is 10.6. The molecule has 14 heavy (non-hydrogen) atoms. The maximum atomic E-state index is 11.8. The molecule has 0 saturated carbocycles. The van der Waals surface area contributed by atoms with Crippen molar-refractivity contribution in [3.63, 3.8) is 0 Å². The number of diazo groups is 1. The van der Waals surface area contributed by atoms with Gasteiger partial charge in [0.25, 0.3) is 0 Å². The minimum absolute atomic E-state index is 0.0308. The van der Waals surface area contributed by atoms with E-state index in [1.807, 2.05) is 0 Å². The van der Waals surface area contributed by atoms with Crippen molar-refractivity contribution >= 4 is 5.69 Å². The molecule has 0 aliphatic carbocycles. The number of alkyl halides is 3. The van der Waals surface area contributed by atoms with Gasteiger partial charge in [-0.05, 0) is 6.07 Å². The first kappa shape index (κ1) is 10.3. The highest BCUT2D eigenvalue weighted by atomic mass is 19.4. The van der Waals surface area contributed by atoms with E-state index in [1.165, 1.54) is 24.3 Å². The molecule has 1 rings (SSSR count). The second-order valence-corrected chi connectivity index (χ2v) is 2.47. The number of hydrogen-bond donors (Lipinski definition) is 0. The molecule has 0 saturated heterocycles. The lowest BCUT2D eigenvalue weighted by Crippen LogP contribution is -2.19. The maximum Gasteiger partial charge on any atom is 0.426 e. The molecule has 0 spiro atoms. The molecule has 1 aromatic rings. The molecule has 0 heterocycles. The molecule has 0 bridgehead atoms. The van der Waals surface area contributed by atoms with Crippen molar-refractivity contribution in [2.45, 2.75) is 6.18 Å². The summed E-state index contributed by atoms with van der Waals surface area (Å²) in [6, 6.07) is 5.64. The van der Waals surface area contributed by atoms with E-state index in [-0.39, 0.29) is 11.4 Å². The highest BCUT2D eigenvalue weighted by molar-refractivity contribution is 5.56. The Morgan fingerprint density at radius 3 is 2.50 bits per heavy atom. The van der Waals surface area contributed by atoms with E-state index in [1.54, 1.807) is 0 Å². The standard InChI is InChI=1S/C8H6F3N2O/c9-8(10,11)5-14-7-4-2-1-3-6(7)13-12/h1-4H,5H2/q+1. The number of ether oxygens (including phenoxy) is 1. The molecule has 0 atom stereocenters. The number of hydrogen-bond acceptors (Lipinski definition) is 2. The Kier molecular flexibility index (Phi) is 2.92. The smallest absolute Gasteiger partial charge is 0.426 e. The lowest BCUT2D eigenvalue weighted by Gasteiger charge is -2.06. The van der Waals surface area contributed by atoms with Gasteiger partial charge in [-0.2, -0.15) is 13.2 Å². The van der Waals surface area contributed by atoms with Crippen LogP contribution in [0.4, 0.5) is 18.9 Å². The van der Waals surface area contributed by atoms with Crippen LogP contribution in [0.15, 0.2) is 24.3 Å². The first-order valence-corrected chi connectivity index (χ1v) is 3.66. The summed E-state index contributed by atoms with van der Waals surface area (Å²) in [5.41, 5.74) is -0.0308. The Bertz CT molecular complexity index is 356. The Balaban J connectivity index is 2.73. The number of benzene rings is 1. The molecule has 6 heteroatoms. The molecular weight excluding hydrogens is 197 g/mol. The van der Waals surface area contributed by atoms with Crippen LogP contribution in [0.25, 0.3) is 4.98 Å². The Labute approximate surface area is 77.7 Å². The normalized spacial score (nSPS) is 10.7. The van der Waals surface area contributed by atoms with Crippen LogP contribution in [0, 0.1) is 5.39 Å². The number of nitrogens with zero attached hydrogens (tertiary/aromatic N) is 2. The van der Waals surface area contributed by atoms with Crippen LogP contribution >= 0.6 is 0 Å². The van der Waals surface area contributed by atoms with Gasteiger partial charge in [-0.15, -0.1) is 0 Å². The molecular formula is C8H6F3N2O+. The van der Waals surface area contributed by atoms with Gasteiger partial charge >= 0.3 is 11.9 Å².